The lowest BCUT2D eigenvalue weighted by Crippen LogP contribution is -2.54. The maximum atomic E-state index is 13.0. The van der Waals surface area contributed by atoms with Gasteiger partial charge in [0.25, 0.3) is 0 Å². The van der Waals surface area contributed by atoms with Crippen molar-refractivity contribution in [3.8, 4) is 0 Å². The number of carboxylic acid groups (broad SMARTS) is 2. The molecule has 13 nitrogen and oxygen atoms in total. The van der Waals surface area contributed by atoms with E-state index in [0.29, 0.717) is 12.0 Å². The van der Waals surface area contributed by atoms with Gasteiger partial charge in [-0.25, -0.2) is 4.79 Å². The molecule has 13 heteroatoms. The van der Waals surface area contributed by atoms with Crippen molar-refractivity contribution < 1.29 is 29.4 Å². The van der Waals surface area contributed by atoms with Crippen molar-refractivity contribution in [3.05, 3.63) is 36.0 Å². The van der Waals surface area contributed by atoms with Crippen molar-refractivity contribution in [3.63, 3.8) is 0 Å². The first-order chi connectivity index (χ1) is 16.6. The molecular formula is C22H31N7O6. The molecule has 3 atom stereocenters. The molecule has 0 aliphatic heterocycles. The molecule has 2 amide bonds. The Balaban J connectivity index is 2.12. The number of carboxylic acids is 2. The zero-order chi connectivity index (χ0) is 26.0. The minimum atomic E-state index is -1.26. The summed E-state index contributed by atoms with van der Waals surface area (Å²) < 4.78 is 0. The average Bonchev–Trinajstić information content (AvgIpc) is 3.21. The third-order valence-electron chi connectivity index (χ3n) is 5.30. The van der Waals surface area contributed by atoms with E-state index in [1.54, 1.807) is 6.20 Å². The molecule has 1 heterocycles. The number of para-hydroxylation sites is 1. The van der Waals surface area contributed by atoms with Crippen molar-refractivity contribution >= 4 is 40.6 Å². The molecule has 0 saturated heterocycles. The van der Waals surface area contributed by atoms with Crippen LogP contribution in [-0.4, -0.2) is 69.6 Å². The maximum Gasteiger partial charge on any atom is 0.326 e. The zero-order valence-electron chi connectivity index (χ0n) is 19.1. The summed E-state index contributed by atoms with van der Waals surface area (Å²) in [5.74, 6) is -3.93. The number of carbonyl (C=O) groups excluding carboxylic acids is 2. The number of aromatic amines is 1. The van der Waals surface area contributed by atoms with Crippen LogP contribution in [0, 0.1) is 0 Å². The van der Waals surface area contributed by atoms with Gasteiger partial charge in [-0.1, -0.05) is 18.2 Å². The van der Waals surface area contributed by atoms with Gasteiger partial charge in [-0.3, -0.25) is 19.4 Å². The van der Waals surface area contributed by atoms with Crippen molar-refractivity contribution in [2.45, 2.75) is 50.2 Å². The second-order valence-electron chi connectivity index (χ2n) is 8.01. The Kier molecular flexibility index (Phi) is 10.0. The molecular weight excluding hydrogens is 458 g/mol. The fraction of sp³-hybridized carbons (Fsp3) is 0.409. The van der Waals surface area contributed by atoms with Gasteiger partial charge >= 0.3 is 11.9 Å². The smallest absolute Gasteiger partial charge is 0.326 e. The van der Waals surface area contributed by atoms with Gasteiger partial charge in [0.1, 0.15) is 12.1 Å². The van der Waals surface area contributed by atoms with E-state index in [4.69, 9.17) is 22.3 Å². The summed E-state index contributed by atoms with van der Waals surface area (Å²) in [7, 11) is 0. The van der Waals surface area contributed by atoms with Crippen LogP contribution in [0.4, 0.5) is 0 Å². The number of amides is 2. The molecule has 0 fully saturated rings. The number of fused-ring (bicyclic) bond motifs is 1. The first kappa shape index (κ1) is 27.1. The van der Waals surface area contributed by atoms with Crippen molar-refractivity contribution in [1.29, 1.82) is 0 Å². The van der Waals surface area contributed by atoms with Crippen LogP contribution in [0.2, 0.25) is 0 Å². The van der Waals surface area contributed by atoms with Gasteiger partial charge in [0.15, 0.2) is 5.96 Å². The molecule has 0 unspecified atom stereocenters. The topological polar surface area (TPSA) is 239 Å². The van der Waals surface area contributed by atoms with Crippen LogP contribution in [0.1, 0.15) is 31.2 Å². The number of aromatic nitrogens is 1. The number of carbonyl (C=O) groups is 4. The van der Waals surface area contributed by atoms with E-state index in [9.17, 15) is 24.3 Å². The molecule has 2 rings (SSSR count). The lowest BCUT2D eigenvalue weighted by atomic mass is 10.0. The average molecular weight is 490 g/mol. The monoisotopic (exact) mass is 489 g/mol. The molecule has 0 bridgehead atoms. The van der Waals surface area contributed by atoms with Crippen LogP contribution >= 0.6 is 0 Å². The highest BCUT2D eigenvalue weighted by molar-refractivity contribution is 5.92. The Morgan fingerprint density at radius 3 is 2.34 bits per heavy atom. The molecule has 0 radical (unpaired) electrons. The predicted molar refractivity (Wildman–Crippen MR) is 128 cm³/mol. The molecule has 1 aromatic heterocycles. The highest BCUT2D eigenvalue weighted by Crippen LogP contribution is 2.19. The highest BCUT2D eigenvalue weighted by Gasteiger charge is 2.28. The Labute approximate surface area is 201 Å². The van der Waals surface area contributed by atoms with Gasteiger partial charge in [0.2, 0.25) is 11.8 Å². The number of aliphatic imine (C=N–C) groups is 1. The highest BCUT2D eigenvalue weighted by atomic mass is 16.4. The van der Waals surface area contributed by atoms with E-state index in [1.165, 1.54) is 0 Å². The van der Waals surface area contributed by atoms with Crippen molar-refractivity contribution in [2.75, 3.05) is 6.54 Å². The fourth-order valence-corrected chi connectivity index (χ4v) is 3.45. The minimum Gasteiger partial charge on any atom is -0.481 e. The Hall–Kier alpha value is -4.13. The third kappa shape index (κ3) is 8.62. The van der Waals surface area contributed by atoms with E-state index < -0.39 is 41.9 Å². The van der Waals surface area contributed by atoms with Gasteiger partial charge in [-0.05, 0) is 30.9 Å². The van der Waals surface area contributed by atoms with E-state index in [2.05, 4.69) is 20.6 Å². The number of nitrogens with zero attached hydrogens (tertiary/aromatic N) is 1. The number of hydrogen-bond acceptors (Lipinski definition) is 6. The molecule has 0 aliphatic rings. The number of rotatable bonds is 14. The second-order valence-corrected chi connectivity index (χ2v) is 8.01. The standard InChI is InChI=1S/C22H31N7O6/c23-14(7-8-18(30)31)19(32)28-16(6-3-9-26-22(24)25)20(33)29-17(21(34)35)10-12-11-27-15-5-2-1-4-13(12)15/h1-2,4-5,11,14,16-17,27H,3,6-10,23H2,(H,28,32)(H,29,33)(H,30,31)(H,34,35)(H4,24,25,26)/t14-,16-,17-/m0/s1. The van der Waals surface area contributed by atoms with Crippen LogP contribution in [0.15, 0.2) is 35.5 Å². The molecule has 2 aromatic rings. The number of guanidine groups is 1. The molecule has 1 aromatic carbocycles. The molecule has 190 valence electrons. The summed E-state index contributed by atoms with van der Waals surface area (Å²) in [5, 5.41) is 24.3. The number of nitrogens with one attached hydrogen (secondary N) is 3. The summed E-state index contributed by atoms with van der Waals surface area (Å²) in [5.41, 5.74) is 17.9. The molecule has 0 saturated carbocycles. The summed E-state index contributed by atoms with van der Waals surface area (Å²) in [6.45, 7) is 0.185. The Bertz CT molecular complexity index is 1080. The number of nitrogens with two attached hydrogens (primary N) is 3. The lowest BCUT2D eigenvalue weighted by Gasteiger charge is -2.23. The molecule has 11 N–H and O–H groups in total. The van der Waals surface area contributed by atoms with Crippen molar-refractivity contribution in [2.24, 2.45) is 22.2 Å². The summed E-state index contributed by atoms with van der Waals surface area (Å²) >= 11 is 0. The normalized spacial score (nSPS) is 13.4. The molecule has 0 spiro atoms. The van der Waals surface area contributed by atoms with Gasteiger partial charge in [-0.15, -0.1) is 0 Å². The lowest BCUT2D eigenvalue weighted by molar-refractivity contribution is -0.142. The maximum absolute atomic E-state index is 13.0. The van der Waals surface area contributed by atoms with E-state index >= 15 is 0 Å². The summed E-state index contributed by atoms with van der Waals surface area (Å²) in [6.07, 6.45) is 1.66. The van der Waals surface area contributed by atoms with Crippen LogP contribution in [0.5, 0.6) is 0 Å². The number of benzene rings is 1. The molecule has 35 heavy (non-hydrogen) atoms. The quantitative estimate of drug-likeness (QED) is 0.0921. The first-order valence-electron chi connectivity index (χ1n) is 11.0. The predicted octanol–water partition coefficient (Wildman–Crippen LogP) is -0.990. The number of aliphatic carboxylic acids is 2. The van der Waals surface area contributed by atoms with Crippen LogP contribution < -0.4 is 27.8 Å². The number of hydrogen-bond donors (Lipinski definition) is 8. The van der Waals surface area contributed by atoms with E-state index in [0.717, 1.165) is 10.9 Å². The summed E-state index contributed by atoms with van der Waals surface area (Å²) in [6, 6.07) is 3.81. The van der Waals surface area contributed by atoms with Gasteiger partial charge in [0.05, 0.1) is 6.04 Å². The van der Waals surface area contributed by atoms with Crippen LogP contribution in [0.25, 0.3) is 10.9 Å². The molecule has 0 aliphatic carbocycles. The fourth-order valence-electron chi connectivity index (χ4n) is 3.45. The van der Waals surface area contributed by atoms with Gasteiger partial charge in [-0.2, -0.15) is 0 Å². The van der Waals surface area contributed by atoms with Crippen molar-refractivity contribution in [1.82, 2.24) is 15.6 Å². The van der Waals surface area contributed by atoms with Gasteiger partial charge < -0.3 is 43.0 Å². The van der Waals surface area contributed by atoms with Crippen LogP contribution in [-0.2, 0) is 25.6 Å². The Morgan fingerprint density at radius 2 is 1.69 bits per heavy atom. The Morgan fingerprint density at radius 1 is 1.00 bits per heavy atom. The largest absolute Gasteiger partial charge is 0.481 e. The third-order valence-corrected chi connectivity index (χ3v) is 5.30. The van der Waals surface area contributed by atoms with Gasteiger partial charge in [0, 0.05) is 36.5 Å². The summed E-state index contributed by atoms with van der Waals surface area (Å²) in [4.78, 5) is 55.0. The SMILES string of the molecule is NC(N)=NCCC[C@H](NC(=O)[C@@H](N)CCC(=O)O)C(=O)N[C@@H](Cc1c[nH]c2ccccc12)C(=O)O. The second kappa shape index (κ2) is 12.9. The van der Waals surface area contributed by atoms with E-state index in [-0.39, 0.29) is 38.2 Å². The first-order valence-corrected chi connectivity index (χ1v) is 11.0. The van der Waals surface area contributed by atoms with E-state index in [1.807, 2.05) is 24.3 Å². The van der Waals surface area contributed by atoms with Crippen LogP contribution in [0.3, 0.4) is 0 Å². The zero-order valence-corrected chi connectivity index (χ0v) is 19.1. The minimum absolute atomic E-state index is 0.0118. The number of H-pyrrole nitrogens is 1.